The Hall–Kier alpha value is -0.260. The van der Waals surface area contributed by atoms with Crippen LogP contribution >= 0.6 is 12.6 Å². The third-order valence-electron chi connectivity index (χ3n) is 2.25. The van der Waals surface area contributed by atoms with Crippen LogP contribution in [0.5, 0.6) is 0 Å². The Balaban J connectivity index is 1.83. The first kappa shape index (κ1) is 9.30. The van der Waals surface area contributed by atoms with Gasteiger partial charge in [0.1, 0.15) is 0 Å². The predicted molar refractivity (Wildman–Crippen MR) is 49.7 cm³/mol. The second-order valence-corrected chi connectivity index (χ2v) is 4.06. The van der Waals surface area contributed by atoms with Gasteiger partial charge in [0.15, 0.2) is 6.29 Å². The molecular formula is C8H13NO3S. The van der Waals surface area contributed by atoms with E-state index in [1.165, 1.54) is 0 Å². The van der Waals surface area contributed by atoms with Crippen LogP contribution in [-0.4, -0.2) is 48.7 Å². The van der Waals surface area contributed by atoms with Gasteiger partial charge in [0.2, 0.25) is 5.91 Å². The minimum Gasteiger partial charge on any atom is -0.348 e. The van der Waals surface area contributed by atoms with Crippen molar-refractivity contribution in [1.82, 2.24) is 4.90 Å². The second kappa shape index (κ2) is 3.86. The van der Waals surface area contributed by atoms with Gasteiger partial charge < -0.3 is 14.4 Å². The molecule has 0 aromatic heterocycles. The highest BCUT2D eigenvalue weighted by Crippen LogP contribution is 2.17. The van der Waals surface area contributed by atoms with Crippen LogP contribution in [0.4, 0.5) is 0 Å². The van der Waals surface area contributed by atoms with Gasteiger partial charge in [-0.1, -0.05) is 0 Å². The van der Waals surface area contributed by atoms with Gasteiger partial charge in [-0.3, -0.25) is 4.79 Å². The lowest BCUT2D eigenvalue weighted by Crippen LogP contribution is -2.34. The smallest absolute Gasteiger partial charge is 0.223 e. The molecule has 2 rings (SSSR count). The van der Waals surface area contributed by atoms with Gasteiger partial charge in [-0.2, -0.15) is 12.6 Å². The molecule has 74 valence electrons. The summed E-state index contributed by atoms with van der Waals surface area (Å²) in [5.41, 5.74) is 0. The van der Waals surface area contributed by atoms with E-state index >= 15 is 0 Å². The molecule has 1 unspecified atom stereocenters. The van der Waals surface area contributed by atoms with E-state index in [4.69, 9.17) is 9.47 Å². The fourth-order valence-electron chi connectivity index (χ4n) is 1.62. The normalized spacial score (nSPS) is 30.4. The maximum Gasteiger partial charge on any atom is 0.223 e. The van der Waals surface area contributed by atoms with E-state index in [1.807, 2.05) is 0 Å². The van der Waals surface area contributed by atoms with Crippen molar-refractivity contribution in [3.8, 4) is 0 Å². The third-order valence-corrected chi connectivity index (χ3v) is 2.60. The zero-order valence-electron chi connectivity index (χ0n) is 7.31. The Morgan fingerprint density at radius 2 is 2.15 bits per heavy atom. The second-order valence-electron chi connectivity index (χ2n) is 3.33. The number of thiol groups is 1. The maximum absolute atomic E-state index is 11.3. The molecule has 2 saturated heterocycles. The Morgan fingerprint density at radius 3 is 2.69 bits per heavy atom. The first-order chi connectivity index (χ1) is 6.25. The van der Waals surface area contributed by atoms with E-state index in [0.29, 0.717) is 32.7 Å². The summed E-state index contributed by atoms with van der Waals surface area (Å²) in [6.45, 7) is 2.54. The van der Waals surface area contributed by atoms with Crippen LogP contribution in [-0.2, 0) is 14.3 Å². The first-order valence-corrected chi connectivity index (χ1v) is 4.96. The Morgan fingerprint density at radius 1 is 1.46 bits per heavy atom. The van der Waals surface area contributed by atoms with Gasteiger partial charge >= 0.3 is 0 Å². The van der Waals surface area contributed by atoms with E-state index < -0.39 is 0 Å². The number of amides is 1. The molecule has 0 saturated carbocycles. The molecule has 2 fully saturated rings. The molecule has 2 heterocycles. The molecule has 1 amide bonds. The monoisotopic (exact) mass is 203 g/mol. The molecule has 0 N–H and O–H groups in total. The number of carbonyl (C=O) groups excluding carboxylic acids is 1. The zero-order chi connectivity index (χ0) is 9.26. The summed E-state index contributed by atoms with van der Waals surface area (Å²) in [5, 5.41) is 0.175. The topological polar surface area (TPSA) is 38.8 Å². The highest BCUT2D eigenvalue weighted by molar-refractivity contribution is 7.81. The summed E-state index contributed by atoms with van der Waals surface area (Å²) in [4.78, 5) is 13.1. The molecule has 0 aromatic rings. The number of likely N-dealkylation sites (tertiary alicyclic amines) is 1. The highest BCUT2D eigenvalue weighted by atomic mass is 32.1. The van der Waals surface area contributed by atoms with Crippen LogP contribution in [0, 0.1) is 0 Å². The van der Waals surface area contributed by atoms with E-state index in [2.05, 4.69) is 12.6 Å². The van der Waals surface area contributed by atoms with Crippen molar-refractivity contribution < 1.29 is 14.3 Å². The Labute approximate surface area is 82.6 Å². The summed E-state index contributed by atoms with van der Waals surface area (Å²) >= 11 is 4.26. The van der Waals surface area contributed by atoms with Crippen molar-refractivity contribution in [3.05, 3.63) is 0 Å². The van der Waals surface area contributed by atoms with E-state index in [9.17, 15) is 4.79 Å². The summed E-state index contributed by atoms with van der Waals surface area (Å²) in [6.07, 6.45) is 0.318. The molecule has 5 heteroatoms. The number of nitrogens with zero attached hydrogens (tertiary/aromatic N) is 1. The third kappa shape index (κ3) is 2.15. The van der Waals surface area contributed by atoms with E-state index in [1.54, 1.807) is 4.90 Å². The van der Waals surface area contributed by atoms with E-state index in [-0.39, 0.29) is 17.4 Å². The van der Waals surface area contributed by atoms with Gasteiger partial charge in [-0.25, -0.2) is 0 Å². The zero-order valence-corrected chi connectivity index (χ0v) is 8.20. The summed E-state index contributed by atoms with van der Waals surface area (Å²) in [5.74, 6) is 0.152. The number of ether oxygens (including phenoxy) is 2. The highest BCUT2D eigenvalue weighted by Gasteiger charge is 2.30. The lowest BCUT2D eigenvalue weighted by Gasteiger charge is -2.19. The number of hydrogen-bond acceptors (Lipinski definition) is 4. The number of hydrogen-bond donors (Lipinski definition) is 1. The van der Waals surface area contributed by atoms with Crippen LogP contribution < -0.4 is 0 Å². The Kier molecular flexibility index (Phi) is 2.76. The molecule has 0 aromatic carbocycles. The van der Waals surface area contributed by atoms with Crippen LogP contribution in [0.25, 0.3) is 0 Å². The molecule has 2 aliphatic heterocycles. The van der Waals surface area contributed by atoms with Gasteiger partial charge in [-0.15, -0.1) is 0 Å². The van der Waals surface area contributed by atoms with Crippen molar-refractivity contribution in [2.75, 3.05) is 26.3 Å². The SMILES string of the molecule is O=C1CC(S)CN1CC1OCCO1. The molecule has 0 radical (unpaired) electrons. The molecule has 1 atom stereocenters. The molecule has 0 spiro atoms. The standard InChI is InChI=1S/C8H13NO3S/c10-7-3-6(13)4-9(7)5-8-11-1-2-12-8/h6,8,13H,1-5H2. The quantitative estimate of drug-likeness (QED) is 0.636. The van der Waals surface area contributed by atoms with Gasteiger partial charge in [0.05, 0.1) is 19.8 Å². The van der Waals surface area contributed by atoms with Crippen LogP contribution in [0.3, 0.4) is 0 Å². The molecule has 2 aliphatic rings. The first-order valence-electron chi connectivity index (χ1n) is 4.45. The largest absolute Gasteiger partial charge is 0.348 e. The van der Waals surface area contributed by atoms with Gasteiger partial charge in [0, 0.05) is 18.2 Å². The summed E-state index contributed by atoms with van der Waals surface area (Å²) in [7, 11) is 0. The van der Waals surface area contributed by atoms with Crippen molar-refractivity contribution >= 4 is 18.5 Å². The number of rotatable bonds is 2. The number of carbonyl (C=O) groups is 1. The predicted octanol–water partition coefficient (Wildman–Crippen LogP) is -0.110. The van der Waals surface area contributed by atoms with Crippen molar-refractivity contribution in [2.45, 2.75) is 18.0 Å². The lowest BCUT2D eigenvalue weighted by molar-refractivity contribution is -0.133. The maximum atomic E-state index is 11.3. The van der Waals surface area contributed by atoms with Crippen molar-refractivity contribution in [3.63, 3.8) is 0 Å². The van der Waals surface area contributed by atoms with E-state index in [0.717, 1.165) is 0 Å². The van der Waals surface area contributed by atoms with Crippen molar-refractivity contribution in [1.29, 1.82) is 0 Å². The molecule has 0 aliphatic carbocycles. The molecular weight excluding hydrogens is 190 g/mol. The lowest BCUT2D eigenvalue weighted by atomic mass is 10.4. The van der Waals surface area contributed by atoms with Crippen LogP contribution in [0.1, 0.15) is 6.42 Å². The molecule has 0 bridgehead atoms. The Bertz CT molecular complexity index is 206. The fraction of sp³-hybridized carbons (Fsp3) is 0.875. The van der Waals surface area contributed by atoms with Gasteiger partial charge in [-0.05, 0) is 0 Å². The van der Waals surface area contributed by atoms with Crippen molar-refractivity contribution in [2.24, 2.45) is 0 Å². The minimum absolute atomic E-state index is 0.152. The minimum atomic E-state index is -0.220. The summed E-state index contributed by atoms with van der Waals surface area (Å²) < 4.78 is 10.5. The molecule has 4 nitrogen and oxygen atoms in total. The van der Waals surface area contributed by atoms with Gasteiger partial charge in [0.25, 0.3) is 0 Å². The summed E-state index contributed by atoms with van der Waals surface area (Å²) in [6, 6.07) is 0. The average Bonchev–Trinajstić information content (AvgIpc) is 2.63. The fourth-order valence-corrected chi connectivity index (χ4v) is 1.97. The molecule has 13 heavy (non-hydrogen) atoms. The average molecular weight is 203 g/mol. The van der Waals surface area contributed by atoms with Crippen LogP contribution in [0.2, 0.25) is 0 Å². The van der Waals surface area contributed by atoms with Crippen LogP contribution in [0.15, 0.2) is 0 Å².